The molecule has 0 spiro atoms. The molecular weight excluding hydrogens is 280 g/mol. The normalized spacial score (nSPS) is 12.9. The van der Waals surface area contributed by atoms with Crippen molar-refractivity contribution in [3.05, 3.63) is 34.0 Å². The highest BCUT2D eigenvalue weighted by Gasteiger charge is 2.25. The van der Waals surface area contributed by atoms with Crippen molar-refractivity contribution in [1.82, 2.24) is 0 Å². The van der Waals surface area contributed by atoms with Gasteiger partial charge in [0.15, 0.2) is 0 Å². The van der Waals surface area contributed by atoms with Crippen LogP contribution in [0.25, 0.3) is 9.75 Å². The van der Waals surface area contributed by atoms with Gasteiger partial charge in [-0.05, 0) is 42.5 Å². The fourth-order valence-electron chi connectivity index (χ4n) is 2.27. The maximum Gasteiger partial charge on any atom is 0.0445 e. The Labute approximate surface area is 131 Å². The second-order valence-electron chi connectivity index (χ2n) is 6.85. The lowest BCUT2D eigenvalue weighted by Crippen LogP contribution is -2.17. The summed E-state index contributed by atoms with van der Waals surface area (Å²) >= 11 is 3.92. The van der Waals surface area contributed by atoms with Gasteiger partial charge in [-0.3, -0.25) is 0 Å². The summed E-state index contributed by atoms with van der Waals surface area (Å²) in [5.41, 5.74) is 0.595. The molecule has 0 aliphatic carbocycles. The van der Waals surface area contributed by atoms with Gasteiger partial charge in [0.05, 0.1) is 0 Å². The topological polar surface area (TPSA) is 0 Å². The Balaban J connectivity index is 2.32. The van der Waals surface area contributed by atoms with Crippen LogP contribution < -0.4 is 0 Å². The lowest BCUT2D eigenvalue weighted by atomic mass is 9.83. The summed E-state index contributed by atoms with van der Waals surface area (Å²) in [6.07, 6.45) is 2.42. The van der Waals surface area contributed by atoms with Crippen molar-refractivity contribution in [1.29, 1.82) is 0 Å². The van der Waals surface area contributed by atoms with Crippen molar-refractivity contribution in [2.75, 3.05) is 0 Å². The molecule has 0 saturated heterocycles. The molecule has 0 saturated carbocycles. The van der Waals surface area contributed by atoms with Crippen LogP contribution in [0.3, 0.4) is 0 Å². The summed E-state index contributed by atoms with van der Waals surface area (Å²) in [6.45, 7) is 13.8. The van der Waals surface area contributed by atoms with Crippen LogP contribution in [0, 0.1) is 0 Å². The molecule has 2 rings (SSSR count). The summed E-state index contributed by atoms with van der Waals surface area (Å²) in [5.74, 6) is 0. The summed E-state index contributed by atoms with van der Waals surface area (Å²) in [5, 5.41) is 0. The van der Waals surface area contributed by atoms with Gasteiger partial charge in [-0.25, -0.2) is 0 Å². The zero-order valence-corrected chi connectivity index (χ0v) is 15.2. The molecule has 20 heavy (non-hydrogen) atoms. The molecule has 0 aliphatic rings. The fourth-order valence-corrected chi connectivity index (χ4v) is 4.71. The predicted octanol–water partition coefficient (Wildman–Crippen LogP) is 6.85. The molecule has 2 heterocycles. The highest BCUT2D eigenvalue weighted by Crippen LogP contribution is 2.42. The van der Waals surface area contributed by atoms with Gasteiger partial charge < -0.3 is 0 Å². The summed E-state index contributed by atoms with van der Waals surface area (Å²) in [4.78, 5) is 5.84. The van der Waals surface area contributed by atoms with Crippen LogP contribution in [0.2, 0.25) is 0 Å². The quantitative estimate of drug-likeness (QED) is 0.579. The van der Waals surface area contributed by atoms with Crippen LogP contribution >= 0.6 is 22.7 Å². The zero-order chi connectivity index (χ0) is 15.0. The van der Waals surface area contributed by atoms with E-state index in [1.807, 2.05) is 22.7 Å². The Kier molecular flexibility index (Phi) is 4.46. The molecule has 0 bridgehead atoms. The number of hydrogen-bond donors (Lipinski definition) is 0. The van der Waals surface area contributed by atoms with E-state index >= 15 is 0 Å². The fraction of sp³-hybridized carbons (Fsp3) is 0.556. The van der Waals surface area contributed by atoms with Crippen molar-refractivity contribution in [3.63, 3.8) is 0 Å². The van der Waals surface area contributed by atoms with E-state index in [0.29, 0.717) is 5.41 Å². The molecule has 0 fully saturated rings. The lowest BCUT2D eigenvalue weighted by Gasteiger charge is -2.25. The van der Waals surface area contributed by atoms with E-state index in [2.05, 4.69) is 65.8 Å². The molecule has 2 aromatic heterocycles. The van der Waals surface area contributed by atoms with Gasteiger partial charge in [-0.1, -0.05) is 41.5 Å². The Hall–Kier alpha value is -0.600. The maximum absolute atomic E-state index is 2.39. The minimum absolute atomic E-state index is 0.254. The van der Waals surface area contributed by atoms with Gasteiger partial charge in [0.1, 0.15) is 0 Å². The second-order valence-corrected chi connectivity index (χ2v) is 9.01. The van der Waals surface area contributed by atoms with Gasteiger partial charge >= 0.3 is 0 Å². The third kappa shape index (κ3) is 3.01. The van der Waals surface area contributed by atoms with Crippen molar-refractivity contribution < 1.29 is 0 Å². The molecular formula is C18H26S2. The zero-order valence-electron chi connectivity index (χ0n) is 13.5. The molecule has 0 N–H and O–H groups in total. The number of hydrogen-bond acceptors (Lipinski definition) is 2. The Morgan fingerprint density at radius 3 is 1.60 bits per heavy atom. The van der Waals surface area contributed by atoms with Crippen molar-refractivity contribution >= 4 is 22.7 Å². The number of thiophene rings is 2. The van der Waals surface area contributed by atoms with Gasteiger partial charge in [-0.2, -0.15) is 0 Å². The third-order valence-electron chi connectivity index (χ3n) is 4.35. The first-order valence-corrected chi connectivity index (χ1v) is 9.14. The first-order chi connectivity index (χ1) is 9.30. The van der Waals surface area contributed by atoms with Crippen molar-refractivity contribution in [2.24, 2.45) is 0 Å². The molecule has 0 unspecified atom stereocenters. The predicted molar refractivity (Wildman–Crippen MR) is 94.3 cm³/mol. The van der Waals surface area contributed by atoms with Gasteiger partial charge in [0, 0.05) is 24.9 Å². The van der Waals surface area contributed by atoms with Crippen LogP contribution in [0.15, 0.2) is 24.3 Å². The highest BCUT2D eigenvalue weighted by atomic mass is 32.1. The van der Waals surface area contributed by atoms with Gasteiger partial charge in [0.2, 0.25) is 0 Å². The first-order valence-electron chi connectivity index (χ1n) is 7.51. The monoisotopic (exact) mass is 306 g/mol. The molecule has 0 amide bonds. The SMILES string of the molecule is CCC(C)(CC)c1ccc(-c2ccc(C(C)(C)C)s2)s1. The minimum atomic E-state index is 0.254. The molecule has 0 aliphatic heterocycles. The summed E-state index contributed by atoms with van der Waals surface area (Å²) < 4.78 is 0. The Morgan fingerprint density at radius 1 is 0.750 bits per heavy atom. The van der Waals surface area contributed by atoms with E-state index in [-0.39, 0.29) is 5.41 Å². The van der Waals surface area contributed by atoms with E-state index < -0.39 is 0 Å². The first kappa shape index (κ1) is 15.8. The van der Waals surface area contributed by atoms with Crippen LogP contribution in [-0.4, -0.2) is 0 Å². The summed E-state index contributed by atoms with van der Waals surface area (Å²) in [7, 11) is 0. The van der Waals surface area contributed by atoms with Crippen LogP contribution in [0.5, 0.6) is 0 Å². The van der Waals surface area contributed by atoms with Crippen molar-refractivity contribution in [2.45, 2.75) is 65.2 Å². The van der Waals surface area contributed by atoms with E-state index in [0.717, 1.165) is 0 Å². The average molecular weight is 307 g/mol. The summed E-state index contributed by atoms with van der Waals surface area (Å²) in [6, 6.07) is 9.22. The maximum atomic E-state index is 2.39. The van der Waals surface area contributed by atoms with E-state index in [1.54, 1.807) is 0 Å². The molecule has 0 radical (unpaired) electrons. The van der Waals surface area contributed by atoms with Crippen LogP contribution in [-0.2, 0) is 10.8 Å². The lowest BCUT2D eigenvalue weighted by molar-refractivity contribution is 0.448. The molecule has 110 valence electrons. The second kappa shape index (κ2) is 5.65. The van der Waals surface area contributed by atoms with E-state index in [1.165, 1.54) is 32.4 Å². The van der Waals surface area contributed by atoms with E-state index in [4.69, 9.17) is 0 Å². The Morgan fingerprint density at radius 2 is 1.20 bits per heavy atom. The third-order valence-corrected chi connectivity index (χ3v) is 7.45. The van der Waals surface area contributed by atoms with Crippen LogP contribution in [0.1, 0.15) is 64.1 Å². The Bertz CT molecular complexity index is 562. The molecule has 0 nitrogen and oxygen atoms in total. The van der Waals surface area contributed by atoms with Crippen LogP contribution in [0.4, 0.5) is 0 Å². The van der Waals surface area contributed by atoms with Crippen molar-refractivity contribution in [3.8, 4) is 9.75 Å². The highest BCUT2D eigenvalue weighted by molar-refractivity contribution is 7.22. The molecule has 2 heteroatoms. The van der Waals surface area contributed by atoms with Gasteiger partial charge in [-0.15, -0.1) is 22.7 Å². The molecule has 2 aromatic rings. The van der Waals surface area contributed by atoms with E-state index in [9.17, 15) is 0 Å². The average Bonchev–Trinajstić information content (AvgIpc) is 3.05. The standard InChI is InChI=1S/C18H26S2/c1-7-18(6,8-2)16-12-10-14(20-16)13-9-11-15(19-13)17(3,4)5/h9-12H,7-8H2,1-6H3. The minimum Gasteiger partial charge on any atom is -0.139 e. The largest absolute Gasteiger partial charge is 0.139 e. The molecule has 0 aromatic carbocycles. The smallest absolute Gasteiger partial charge is 0.0445 e. The van der Waals surface area contributed by atoms with Gasteiger partial charge in [0.25, 0.3) is 0 Å². The molecule has 0 atom stereocenters. The number of rotatable bonds is 4.